The van der Waals surface area contributed by atoms with Crippen LogP contribution >= 0.6 is 0 Å². The first-order chi connectivity index (χ1) is 14.7. The number of ether oxygens (including phenoxy) is 1. The summed E-state index contributed by atoms with van der Waals surface area (Å²) in [5.74, 6) is 3.26. The molecule has 0 radical (unpaired) electrons. The van der Waals surface area contributed by atoms with Crippen LogP contribution in [0.4, 0.5) is 5.69 Å². The summed E-state index contributed by atoms with van der Waals surface area (Å²) < 4.78 is 5.28. The molecule has 5 rings (SSSR count). The lowest BCUT2D eigenvalue weighted by atomic mass is 9.55. The van der Waals surface area contributed by atoms with Crippen LogP contribution in [-0.2, 0) is 14.9 Å². The third-order valence-electron chi connectivity index (χ3n) is 7.65. The van der Waals surface area contributed by atoms with Crippen LogP contribution in [0.2, 0.25) is 19.6 Å². The van der Waals surface area contributed by atoms with Crippen molar-refractivity contribution in [1.82, 2.24) is 4.90 Å². The summed E-state index contributed by atoms with van der Waals surface area (Å²) in [6.07, 6.45) is 7.45. The van der Waals surface area contributed by atoms with E-state index in [-0.39, 0.29) is 16.8 Å². The van der Waals surface area contributed by atoms with Gasteiger partial charge in [0.1, 0.15) is 8.07 Å². The molecule has 1 N–H and O–H groups in total. The average molecular weight is 433 g/mol. The molecule has 1 spiro atoms. The van der Waals surface area contributed by atoms with Gasteiger partial charge >= 0.3 is 5.97 Å². The van der Waals surface area contributed by atoms with Gasteiger partial charge < -0.3 is 10.1 Å². The topological polar surface area (TPSA) is 41.6 Å². The minimum Gasteiger partial charge on any atom is -0.466 e. The van der Waals surface area contributed by atoms with Gasteiger partial charge in [-0.25, -0.2) is 4.79 Å². The molecule has 1 fully saturated rings. The molecule has 4 aliphatic rings. The number of nitrogens with zero attached hydrogens (tertiary/aromatic N) is 1. The predicted molar refractivity (Wildman–Crippen MR) is 127 cm³/mol. The fraction of sp³-hybridized carbons (Fsp3) is 0.500. The van der Waals surface area contributed by atoms with E-state index in [4.69, 9.17) is 4.74 Å². The summed E-state index contributed by atoms with van der Waals surface area (Å²) in [6, 6.07) is 6.93. The quantitative estimate of drug-likeness (QED) is 0.324. The lowest BCUT2D eigenvalue weighted by Gasteiger charge is -2.53. The summed E-state index contributed by atoms with van der Waals surface area (Å²) in [5, 5.41) is 3.68. The first-order valence-corrected chi connectivity index (χ1v) is 14.9. The fourth-order valence-corrected chi connectivity index (χ4v) is 6.92. The molecule has 0 unspecified atom stereocenters. The van der Waals surface area contributed by atoms with E-state index in [2.05, 4.69) is 78.6 Å². The van der Waals surface area contributed by atoms with E-state index < -0.39 is 8.07 Å². The number of anilines is 1. The number of esters is 1. The van der Waals surface area contributed by atoms with E-state index >= 15 is 0 Å². The third kappa shape index (κ3) is 2.88. The number of carbonyl (C=O) groups is 1. The highest BCUT2D eigenvalue weighted by Gasteiger charge is 2.65. The van der Waals surface area contributed by atoms with Crippen molar-refractivity contribution in [3.05, 3.63) is 52.7 Å². The smallest absolute Gasteiger partial charge is 0.335 e. The average Bonchev–Trinajstić information content (AvgIpc) is 3.31. The molecule has 5 heteroatoms. The first-order valence-electron chi connectivity index (χ1n) is 11.4. The van der Waals surface area contributed by atoms with Crippen molar-refractivity contribution in [2.45, 2.75) is 57.3 Å². The molecule has 3 aliphatic heterocycles. The highest BCUT2D eigenvalue weighted by molar-refractivity contribution is 6.83. The van der Waals surface area contributed by atoms with Gasteiger partial charge in [0, 0.05) is 41.5 Å². The van der Waals surface area contributed by atoms with Gasteiger partial charge in [0.25, 0.3) is 0 Å². The number of fused-ring (bicyclic) bond motifs is 1. The highest BCUT2D eigenvalue weighted by atomic mass is 28.3. The van der Waals surface area contributed by atoms with Crippen molar-refractivity contribution in [3.8, 4) is 11.5 Å². The second-order valence-electron chi connectivity index (χ2n) is 10.5. The molecule has 0 bridgehead atoms. The molecule has 31 heavy (non-hydrogen) atoms. The van der Waals surface area contributed by atoms with Gasteiger partial charge in [-0.2, -0.15) is 0 Å². The molecule has 4 nitrogen and oxygen atoms in total. The molecule has 0 aromatic heterocycles. The summed E-state index contributed by atoms with van der Waals surface area (Å²) >= 11 is 0. The number of hydrogen-bond acceptors (Lipinski definition) is 4. The van der Waals surface area contributed by atoms with Crippen molar-refractivity contribution in [3.63, 3.8) is 0 Å². The maximum Gasteiger partial charge on any atom is 0.335 e. The molecular formula is C26H32N2O2Si. The van der Waals surface area contributed by atoms with Crippen molar-refractivity contribution >= 4 is 19.7 Å². The third-order valence-corrected chi connectivity index (χ3v) is 8.52. The summed E-state index contributed by atoms with van der Waals surface area (Å²) in [7, 11) is 0.0370. The van der Waals surface area contributed by atoms with Gasteiger partial charge in [0.05, 0.1) is 18.1 Å². The van der Waals surface area contributed by atoms with E-state index in [1.165, 1.54) is 12.7 Å². The Bertz CT molecular complexity index is 1090. The fourth-order valence-electron chi connectivity index (χ4n) is 6.40. The second kappa shape index (κ2) is 6.85. The van der Waals surface area contributed by atoms with Crippen LogP contribution in [0, 0.1) is 16.9 Å². The van der Waals surface area contributed by atoms with E-state index in [1.807, 2.05) is 0 Å². The van der Waals surface area contributed by atoms with Gasteiger partial charge in [-0.15, -0.1) is 5.54 Å². The zero-order valence-electron chi connectivity index (χ0n) is 19.3. The standard InChI is InChI=1S/C26H32N2O2Si/c1-6-25-11-7-13-28-14-12-26(24(25)28)20-16-18(10-15-31(3,4)5)8-9-21(20)27-22(26)19(17-25)23(29)30-2/h7-9,11,16,24,27H,6,12-14,17H2,1-5H3/t24-,25-,26-/m0/s1. The number of carbonyl (C=O) groups excluding carboxylic acids is 1. The Morgan fingerprint density at radius 3 is 2.87 bits per heavy atom. The summed E-state index contributed by atoms with van der Waals surface area (Å²) in [6.45, 7) is 11.1. The lowest BCUT2D eigenvalue weighted by molar-refractivity contribution is -0.137. The Hall–Kier alpha value is -2.29. The van der Waals surface area contributed by atoms with Gasteiger partial charge in [0.15, 0.2) is 0 Å². The van der Waals surface area contributed by atoms with Crippen molar-refractivity contribution < 1.29 is 9.53 Å². The maximum atomic E-state index is 13.0. The van der Waals surface area contributed by atoms with Gasteiger partial charge in [-0.1, -0.05) is 44.6 Å². The first kappa shape index (κ1) is 20.6. The molecule has 3 atom stereocenters. The number of hydrogen-bond donors (Lipinski definition) is 1. The largest absolute Gasteiger partial charge is 0.466 e. The minimum atomic E-state index is -1.46. The highest BCUT2D eigenvalue weighted by Crippen LogP contribution is 2.64. The van der Waals surface area contributed by atoms with E-state index in [0.29, 0.717) is 6.04 Å². The van der Waals surface area contributed by atoms with Crippen molar-refractivity contribution in [2.24, 2.45) is 5.41 Å². The van der Waals surface area contributed by atoms with Crippen LogP contribution in [0.1, 0.15) is 37.3 Å². The van der Waals surface area contributed by atoms with E-state index in [0.717, 1.165) is 54.9 Å². The van der Waals surface area contributed by atoms with Crippen LogP contribution in [0.5, 0.6) is 0 Å². The normalized spacial score (nSPS) is 30.7. The molecule has 162 valence electrons. The number of benzene rings is 1. The number of methoxy groups -OCH3 is 1. The zero-order chi connectivity index (χ0) is 22.0. The summed E-state index contributed by atoms with van der Waals surface area (Å²) in [5.41, 5.74) is 8.68. The summed E-state index contributed by atoms with van der Waals surface area (Å²) in [4.78, 5) is 15.6. The van der Waals surface area contributed by atoms with Crippen LogP contribution < -0.4 is 5.32 Å². The number of nitrogens with one attached hydrogen (secondary N) is 1. The van der Waals surface area contributed by atoms with Crippen LogP contribution in [0.25, 0.3) is 0 Å². The van der Waals surface area contributed by atoms with Crippen LogP contribution in [-0.4, -0.2) is 45.2 Å². The van der Waals surface area contributed by atoms with Crippen molar-refractivity contribution in [1.29, 1.82) is 0 Å². The minimum absolute atomic E-state index is 0.0505. The molecule has 1 aliphatic carbocycles. The monoisotopic (exact) mass is 432 g/mol. The molecule has 0 saturated carbocycles. The number of rotatable bonds is 2. The zero-order valence-corrected chi connectivity index (χ0v) is 20.3. The van der Waals surface area contributed by atoms with Gasteiger partial charge in [-0.05, 0) is 43.0 Å². The Labute approximate surface area is 186 Å². The molecular weight excluding hydrogens is 400 g/mol. The predicted octanol–water partition coefficient (Wildman–Crippen LogP) is 4.45. The van der Waals surface area contributed by atoms with Crippen LogP contribution in [0.3, 0.4) is 0 Å². The molecule has 1 saturated heterocycles. The SMILES string of the molecule is CC[C@]12C=CCN3CC[C@]4(C(=C(C(=O)OC)C1)Nc1ccc(C#C[Si](C)(C)C)cc14)[C@@H]32. The Balaban J connectivity index is 1.75. The molecule has 0 amide bonds. The van der Waals surface area contributed by atoms with Gasteiger partial charge in [0.2, 0.25) is 0 Å². The van der Waals surface area contributed by atoms with E-state index in [9.17, 15) is 4.79 Å². The molecule has 1 aromatic carbocycles. The molecule has 1 aromatic rings. The van der Waals surface area contributed by atoms with Gasteiger partial charge in [-0.3, -0.25) is 4.90 Å². The Morgan fingerprint density at radius 2 is 2.16 bits per heavy atom. The van der Waals surface area contributed by atoms with Crippen LogP contribution in [0.15, 0.2) is 41.6 Å². The second-order valence-corrected chi connectivity index (χ2v) is 15.3. The van der Waals surface area contributed by atoms with Crippen molar-refractivity contribution in [2.75, 3.05) is 25.5 Å². The maximum absolute atomic E-state index is 13.0. The Morgan fingerprint density at radius 1 is 1.35 bits per heavy atom. The van der Waals surface area contributed by atoms with E-state index in [1.54, 1.807) is 0 Å². The lowest BCUT2D eigenvalue weighted by Crippen LogP contribution is -2.58. The Kier molecular flexibility index (Phi) is 4.55. The molecule has 3 heterocycles.